The van der Waals surface area contributed by atoms with E-state index in [2.05, 4.69) is 27.3 Å². The molecule has 1 N–H and O–H groups in total. The molecule has 31 heavy (non-hydrogen) atoms. The first kappa shape index (κ1) is 21.5. The molecule has 4 rings (SSSR count). The van der Waals surface area contributed by atoms with Crippen molar-refractivity contribution in [1.29, 1.82) is 10.5 Å². The molecule has 2 aromatic rings. The van der Waals surface area contributed by atoms with Crippen molar-refractivity contribution in [2.75, 3.05) is 38.0 Å². The lowest BCUT2D eigenvalue weighted by molar-refractivity contribution is -0.116. The summed E-state index contributed by atoms with van der Waals surface area (Å²) in [6.07, 6.45) is 4.65. The molecule has 1 aromatic carbocycles. The van der Waals surface area contributed by atoms with E-state index in [1.807, 2.05) is 30.3 Å². The van der Waals surface area contributed by atoms with Crippen LogP contribution in [0.2, 0.25) is 0 Å². The number of amides is 1. The Labute approximate surface area is 187 Å². The first-order chi connectivity index (χ1) is 15.2. The Morgan fingerprint density at radius 3 is 2.55 bits per heavy atom. The molecule has 7 heteroatoms. The van der Waals surface area contributed by atoms with E-state index < -0.39 is 0 Å². The molecule has 0 bridgehead atoms. The molecular formula is C24H27N5OS. The lowest BCUT2D eigenvalue weighted by atomic mass is 9.96. The van der Waals surface area contributed by atoms with E-state index in [9.17, 15) is 15.3 Å². The summed E-state index contributed by atoms with van der Waals surface area (Å²) in [5.41, 5.74) is 2.85. The molecule has 0 saturated carbocycles. The predicted octanol–water partition coefficient (Wildman–Crippen LogP) is 3.71. The van der Waals surface area contributed by atoms with E-state index in [4.69, 9.17) is 0 Å². The Morgan fingerprint density at radius 2 is 1.84 bits per heavy atom. The highest BCUT2D eigenvalue weighted by Gasteiger charge is 2.25. The Bertz CT molecular complexity index is 995. The van der Waals surface area contributed by atoms with Crippen LogP contribution in [0.3, 0.4) is 0 Å². The lowest BCUT2D eigenvalue weighted by Gasteiger charge is -2.36. The molecule has 1 aliphatic carbocycles. The molecular weight excluding hydrogens is 406 g/mol. The maximum absolute atomic E-state index is 12.5. The van der Waals surface area contributed by atoms with Gasteiger partial charge in [-0.05, 0) is 36.8 Å². The average Bonchev–Trinajstić information content (AvgIpc) is 3.16. The van der Waals surface area contributed by atoms with Gasteiger partial charge >= 0.3 is 0 Å². The minimum absolute atomic E-state index is 0.0308. The first-order valence-corrected chi connectivity index (χ1v) is 11.8. The fourth-order valence-corrected chi connectivity index (χ4v) is 5.72. The molecule has 0 radical (unpaired) electrons. The van der Waals surface area contributed by atoms with Crippen LogP contribution in [0, 0.1) is 22.7 Å². The summed E-state index contributed by atoms with van der Waals surface area (Å²) in [5.74, 6) is -0.0308. The number of fused-ring (bicyclic) bond motifs is 1. The Hall–Kier alpha value is -2.71. The second kappa shape index (κ2) is 10.1. The number of hydrogen-bond acceptors (Lipinski definition) is 6. The number of rotatable bonds is 6. The number of carbonyl (C=O) groups is 1. The smallest absolute Gasteiger partial charge is 0.226 e. The van der Waals surface area contributed by atoms with Gasteiger partial charge in [0.1, 0.15) is 17.1 Å². The molecule has 1 aliphatic heterocycles. The van der Waals surface area contributed by atoms with Gasteiger partial charge in [-0.2, -0.15) is 10.5 Å². The number of carbonyl (C=O) groups excluding carboxylic acids is 1. The van der Waals surface area contributed by atoms with Gasteiger partial charge in [-0.3, -0.25) is 9.69 Å². The van der Waals surface area contributed by atoms with Gasteiger partial charge in [0.2, 0.25) is 5.91 Å². The van der Waals surface area contributed by atoms with Gasteiger partial charge in [0, 0.05) is 44.0 Å². The third kappa shape index (κ3) is 4.97. The van der Waals surface area contributed by atoms with E-state index in [0.29, 0.717) is 18.5 Å². The molecule has 1 saturated heterocycles. The predicted molar refractivity (Wildman–Crippen MR) is 122 cm³/mol. The largest absolute Gasteiger partial charge is 0.317 e. The van der Waals surface area contributed by atoms with Gasteiger partial charge < -0.3 is 10.2 Å². The van der Waals surface area contributed by atoms with Crippen LogP contribution in [0.1, 0.15) is 46.9 Å². The summed E-state index contributed by atoms with van der Waals surface area (Å²) in [7, 11) is 0. The van der Waals surface area contributed by atoms with Gasteiger partial charge in [-0.15, -0.1) is 11.3 Å². The van der Waals surface area contributed by atoms with Crippen LogP contribution < -0.4 is 5.32 Å². The molecule has 1 fully saturated rings. The van der Waals surface area contributed by atoms with E-state index in [1.54, 1.807) is 11.3 Å². The summed E-state index contributed by atoms with van der Waals surface area (Å²) >= 11 is 1.57. The second-order valence-corrected chi connectivity index (χ2v) is 9.25. The van der Waals surface area contributed by atoms with E-state index >= 15 is 0 Å². The van der Waals surface area contributed by atoms with Gasteiger partial charge in [-0.25, -0.2) is 0 Å². The number of benzene rings is 1. The number of hydrogen-bond donors (Lipinski definition) is 1. The van der Waals surface area contributed by atoms with Crippen molar-refractivity contribution in [3.8, 4) is 12.1 Å². The van der Waals surface area contributed by atoms with Crippen molar-refractivity contribution >= 4 is 22.2 Å². The first-order valence-electron chi connectivity index (χ1n) is 10.9. The monoisotopic (exact) mass is 433 g/mol. The zero-order valence-corrected chi connectivity index (χ0v) is 18.5. The molecule has 1 atom stereocenters. The van der Waals surface area contributed by atoms with Crippen molar-refractivity contribution in [1.82, 2.24) is 9.80 Å². The van der Waals surface area contributed by atoms with Crippen molar-refractivity contribution in [3.63, 3.8) is 0 Å². The summed E-state index contributed by atoms with van der Waals surface area (Å²) < 4.78 is 0. The molecule has 1 unspecified atom stereocenters. The van der Waals surface area contributed by atoms with E-state index in [1.165, 1.54) is 4.88 Å². The number of nitriles is 2. The fourth-order valence-electron chi connectivity index (χ4n) is 4.47. The van der Waals surface area contributed by atoms with E-state index in [-0.39, 0.29) is 11.9 Å². The lowest BCUT2D eigenvalue weighted by Crippen LogP contribution is -2.47. The number of nitrogens with zero attached hydrogens (tertiary/aromatic N) is 4. The van der Waals surface area contributed by atoms with Crippen molar-refractivity contribution in [3.05, 3.63) is 51.9 Å². The van der Waals surface area contributed by atoms with Crippen LogP contribution in [0.25, 0.3) is 0 Å². The third-order valence-electron chi connectivity index (χ3n) is 6.20. The zero-order valence-electron chi connectivity index (χ0n) is 17.6. The Kier molecular flexibility index (Phi) is 6.99. The molecule has 1 aromatic heterocycles. The highest BCUT2D eigenvalue weighted by Crippen LogP contribution is 2.37. The summed E-state index contributed by atoms with van der Waals surface area (Å²) in [6.45, 7) is 4.00. The summed E-state index contributed by atoms with van der Waals surface area (Å²) in [5, 5.41) is 22.9. The van der Waals surface area contributed by atoms with Crippen LogP contribution in [0.5, 0.6) is 0 Å². The maximum Gasteiger partial charge on any atom is 0.226 e. The number of piperazine rings is 1. The number of nitrogens with one attached hydrogen (secondary N) is 1. The molecule has 0 spiro atoms. The van der Waals surface area contributed by atoms with Crippen molar-refractivity contribution in [2.45, 2.75) is 38.1 Å². The SMILES string of the molecule is N#Cc1c(NC(=O)CCN2CCN(C(C#N)c3ccccc3)CC2)sc2c1CCCC2. The fraction of sp³-hybridized carbons (Fsp3) is 0.458. The van der Waals surface area contributed by atoms with Crippen LogP contribution in [-0.2, 0) is 17.6 Å². The van der Waals surface area contributed by atoms with Crippen molar-refractivity contribution in [2.24, 2.45) is 0 Å². The van der Waals surface area contributed by atoms with Gasteiger partial charge in [0.05, 0.1) is 11.6 Å². The number of thiophene rings is 1. The molecule has 2 heterocycles. The second-order valence-electron chi connectivity index (χ2n) is 8.14. The highest BCUT2D eigenvalue weighted by molar-refractivity contribution is 7.16. The zero-order chi connectivity index (χ0) is 21.6. The van der Waals surface area contributed by atoms with Crippen molar-refractivity contribution < 1.29 is 4.79 Å². The van der Waals surface area contributed by atoms with Gasteiger partial charge in [-0.1, -0.05) is 30.3 Å². The Balaban J connectivity index is 1.27. The number of aryl methyl sites for hydroxylation is 1. The maximum atomic E-state index is 12.5. The van der Waals surface area contributed by atoms with E-state index in [0.717, 1.165) is 68.0 Å². The third-order valence-corrected chi connectivity index (χ3v) is 7.41. The molecule has 2 aliphatic rings. The number of anilines is 1. The standard InChI is InChI=1S/C24H27N5OS/c25-16-20-19-8-4-5-9-22(19)31-24(20)27-23(30)10-11-28-12-14-29(15-13-28)21(17-26)18-6-2-1-3-7-18/h1-3,6-7,21H,4-5,8-15H2,(H,27,30). The molecule has 1 amide bonds. The van der Waals surface area contributed by atoms with Gasteiger partial charge in [0.25, 0.3) is 0 Å². The van der Waals surface area contributed by atoms with Crippen LogP contribution in [0.15, 0.2) is 30.3 Å². The minimum atomic E-state index is -0.221. The normalized spacial score (nSPS) is 17.9. The van der Waals surface area contributed by atoms with Crippen LogP contribution >= 0.6 is 11.3 Å². The summed E-state index contributed by atoms with van der Waals surface area (Å²) in [6, 6.07) is 14.4. The Morgan fingerprint density at radius 1 is 1.10 bits per heavy atom. The van der Waals surface area contributed by atoms with Crippen LogP contribution in [-0.4, -0.2) is 48.4 Å². The highest BCUT2D eigenvalue weighted by atomic mass is 32.1. The minimum Gasteiger partial charge on any atom is -0.317 e. The average molecular weight is 434 g/mol. The topological polar surface area (TPSA) is 83.2 Å². The molecule has 6 nitrogen and oxygen atoms in total. The van der Waals surface area contributed by atoms with Crippen LogP contribution in [0.4, 0.5) is 5.00 Å². The quantitative estimate of drug-likeness (QED) is 0.751. The van der Waals surface area contributed by atoms with Gasteiger partial charge in [0.15, 0.2) is 0 Å². The summed E-state index contributed by atoms with van der Waals surface area (Å²) in [4.78, 5) is 18.3. The molecule has 160 valence electrons.